The lowest BCUT2D eigenvalue weighted by Crippen LogP contribution is -2.48. The minimum absolute atomic E-state index is 0.501. The van der Waals surface area contributed by atoms with Crippen molar-refractivity contribution in [3.05, 3.63) is 18.5 Å². The first kappa shape index (κ1) is 19.5. The Hall–Kier alpha value is -1.29. The summed E-state index contributed by atoms with van der Waals surface area (Å²) in [6.45, 7) is 6.44. The molecule has 0 bridgehead atoms. The Balaban J connectivity index is 1.34. The van der Waals surface area contributed by atoms with E-state index >= 15 is 0 Å². The molecule has 0 atom stereocenters. The lowest BCUT2D eigenvalue weighted by atomic mass is 10.2. The van der Waals surface area contributed by atoms with Gasteiger partial charge in [-0.25, -0.2) is 14.7 Å². The first-order valence-electron chi connectivity index (χ1n) is 9.64. The predicted molar refractivity (Wildman–Crippen MR) is 102 cm³/mol. The highest BCUT2D eigenvalue weighted by molar-refractivity contribution is 7.87. The van der Waals surface area contributed by atoms with Gasteiger partial charge < -0.3 is 4.90 Å². The molecule has 0 aromatic carbocycles. The Morgan fingerprint density at radius 1 is 0.923 bits per heavy atom. The maximum atomic E-state index is 12.4. The lowest BCUT2D eigenvalue weighted by Gasteiger charge is -2.34. The van der Waals surface area contributed by atoms with Crippen molar-refractivity contribution in [2.45, 2.75) is 32.1 Å². The zero-order valence-corrected chi connectivity index (χ0v) is 16.2. The molecule has 1 aromatic heterocycles. The smallest absolute Gasteiger partial charge is 0.279 e. The Labute approximate surface area is 156 Å². The molecular weight excluding hydrogens is 352 g/mol. The minimum Gasteiger partial charge on any atom is -0.338 e. The van der Waals surface area contributed by atoms with E-state index in [-0.39, 0.29) is 0 Å². The molecule has 0 aliphatic carbocycles. The summed E-state index contributed by atoms with van der Waals surface area (Å²) in [4.78, 5) is 13.2. The molecule has 8 nitrogen and oxygen atoms in total. The quantitative estimate of drug-likeness (QED) is 0.699. The molecule has 0 amide bonds. The van der Waals surface area contributed by atoms with E-state index in [1.54, 1.807) is 16.7 Å². The Bertz CT molecular complexity index is 626. The van der Waals surface area contributed by atoms with E-state index in [0.29, 0.717) is 19.6 Å². The molecule has 2 fully saturated rings. The summed E-state index contributed by atoms with van der Waals surface area (Å²) in [6, 6.07) is 1.83. The largest absolute Gasteiger partial charge is 0.338 e. The molecule has 0 unspecified atom stereocenters. The molecule has 3 rings (SSSR count). The third-order valence-electron chi connectivity index (χ3n) is 5.05. The molecule has 2 aliphatic rings. The first-order chi connectivity index (χ1) is 12.6. The molecule has 1 aromatic rings. The van der Waals surface area contributed by atoms with Crippen molar-refractivity contribution in [3.63, 3.8) is 0 Å². The van der Waals surface area contributed by atoms with Crippen molar-refractivity contribution < 1.29 is 8.42 Å². The molecule has 9 heteroatoms. The van der Waals surface area contributed by atoms with Crippen LogP contribution in [-0.4, -0.2) is 79.9 Å². The number of hydrogen-bond acceptors (Lipinski definition) is 6. The fraction of sp³-hybridized carbons (Fsp3) is 0.765. The highest BCUT2D eigenvalue weighted by Gasteiger charge is 2.22. The van der Waals surface area contributed by atoms with E-state index in [4.69, 9.17) is 0 Å². The third-order valence-corrected chi connectivity index (χ3v) is 6.66. The second-order valence-electron chi connectivity index (χ2n) is 6.94. The van der Waals surface area contributed by atoms with Crippen molar-refractivity contribution in [1.82, 2.24) is 23.9 Å². The van der Waals surface area contributed by atoms with Crippen molar-refractivity contribution in [1.29, 1.82) is 0 Å². The SMILES string of the molecule is O=S(=O)(NCCCN1CCN(c2ncccn2)CC1)N1CCCCCC1. The van der Waals surface area contributed by atoms with Crippen LogP contribution in [0, 0.1) is 0 Å². The summed E-state index contributed by atoms with van der Waals surface area (Å²) < 4.78 is 29.1. The molecule has 0 radical (unpaired) electrons. The zero-order valence-electron chi connectivity index (χ0n) is 15.4. The number of nitrogens with one attached hydrogen (secondary N) is 1. The van der Waals surface area contributed by atoms with Gasteiger partial charge in [-0.15, -0.1) is 0 Å². The van der Waals surface area contributed by atoms with Crippen LogP contribution in [0.2, 0.25) is 0 Å². The van der Waals surface area contributed by atoms with Gasteiger partial charge in [0.05, 0.1) is 0 Å². The van der Waals surface area contributed by atoms with Crippen LogP contribution in [0.25, 0.3) is 0 Å². The molecule has 3 heterocycles. The molecule has 26 heavy (non-hydrogen) atoms. The molecule has 0 spiro atoms. The molecule has 0 saturated carbocycles. The molecule has 2 saturated heterocycles. The average molecular weight is 383 g/mol. The van der Waals surface area contributed by atoms with Gasteiger partial charge in [-0.1, -0.05) is 12.8 Å². The van der Waals surface area contributed by atoms with Crippen LogP contribution >= 0.6 is 0 Å². The van der Waals surface area contributed by atoms with Crippen molar-refractivity contribution >= 4 is 16.2 Å². The molecule has 146 valence electrons. The number of rotatable bonds is 7. The zero-order chi connectivity index (χ0) is 18.2. The minimum atomic E-state index is -3.31. The van der Waals surface area contributed by atoms with Crippen LogP contribution in [-0.2, 0) is 10.2 Å². The second kappa shape index (κ2) is 9.59. The Morgan fingerprint density at radius 2 is 1.58 bits per heavy atom. The van der Waals surface area contributed by atoms with Gasteiger partial charge in [-0.2, -0.15) is 12.7 Å². The third kappa shape index (κ3) is 5.60. The number of aromatic nitrogens is 2. The average Bonchev–Trinajstić information content (AvgIpc) is 2.97. The van der Waals surface area contributed by atoms with Crippen LogP contribution in [0.4, 0.5) is 5.95 Å². The molecule has 1 N–H and O–H groups in total. The Kier molecular flexibility index (Phi) is 7.18. The number of hydrogen-bond donors (Lipinski definition) is 1. The van der Waals surface area contributed by atoms with Crippen LogP contribution in [0.3, 0.4) is 0 Å². The lowest BCUT2D eigenvalue weighted by molar-refractivity contribution is 0.254. The van der Waals surface area contributed by atoms with Gasteiger partial charge in [0.2, 0.25) is 5.95 Å². The summed E-state index contributed by atoms with van der Waals surface area (Å²) in [5, 5.41) is 0. The van der Waals surface area contributed by atoms with Gasteiger partial charge in [0, 0.05) is 58.2 Å². The van der Waals surface area contributed by atoms with Crippen molar-refractivity contribution in [3.8, 4) is 0 Å². The van der Waals surface area contributed by atoms with E-state index in [0.717, 1.165) is 70.8 Å². The highest BCUT2D eigenvalue weighted by atomic mass is 32.2. The summed E-state index contributed by atoms with van der Waals surface area (Å²) in [7, 11) is -3.31. The molecular formula is C17H30N6O2S. The van der Waals surface area contributed by atoms with E-state index in [1.807, 2.05) is 6.07 Å². The van der Waals surface area contributed by atoms with Gasteiger partial charge in [0.15, 0.2) is 0 Å². The summed E-state index contributed by atoms with van der Waals surface area (Å²) >= 11 is 0. The maximum absolute atomic E-state index is 12.4. The van der Waals surface area contributed by atoms with Gasteiger partial charge in [0.1, 0.15) is 0 Å². The topological polar surface area (TPSA) is 81.7 Å². The Morgan fingerprint density at radius 3 is 2.23 bits per heavy atom. The van der Waals surface area contributed by atoms with Crippen molar-refractivity contribution in [2.75, 3.05) is 57.3 Å². The first-order valence-corrected chi connectivity index (χ1v) is 11.1. The number of nitrogens with zero attached hydrogens (tertiary/aromatic N) is 5. The monoisotopic (exact) mass is 382 g/mol. The van der Waals surface area contributed by atoms with Gasteiger partial charge in [-0.05, 0) is 31.9 Å². The van der Waals surface area contributed by atoms with Crippen LogP contribution in [0.1, 0.15) is 32.1 Å². The van der Waals surface area contributed by atoms with E-state index in [1.165, 1.54) is 0 Å². The fourth-order valence-corrected chi connectivity index (χ4v) is 4.83. The maximum Gasteiger partial charge on any atom is 0.279 e. The summed E-state index contributed by atoms with van der Waals surface area (Å²) in [5.41, 5.74) is 0. The van der Waals surface area contributed by atoms with Crippen LogP contribution in [0.15, 0.2) is 18.5 Å². The summed E-state index contributed by atoms with van der Waals surface area (Å²) in [6.07, 6.45) is 8.57. The normalized spacial score (nSPS) is 20.8. The fourth-order valence-electron chi connectivity index (χ4n) is 3.50. The summed E-state index contributed by atoms with van der Waals surface area (Å²) in [5.74, 6) is 0.789. The number of piperazine rings is 1. The van der Waals surface area contributed by atoms with Crippen LogP contribution in [0.5, 0.6) is 0 Å². The second-order valence-corrected chi connectivity index (χ2v) is 8.70. The van der Waals surface area contributed by atoms with E-state index < -0.39 is 10.2 Å². The molecule has 2 aliphatic heterocycles. The van der Waals surface area contributed by atoms with E-state index in [2.05, 4.69) is 24.5 Å². The van der Waals surface area contributed by atoms with Gasteiger partial charge >= 0.3 is 0 Å². The van der Waals surface area contributed by atoms with Gasteiger partial charge in [0.25, 0.3) is 10.2 Å². The van der Waals surface area contributed by atoms with E-state index in [9.17, 15) is 8.42 Å². The number of anilines is 1. The van der Waals surface area contributed by atoms with Gasteiger partial charge in [-0.3, -0.25) is 4.90 Å². The highest BCUT2D eigenvalue weighted by Crippen LogP contribution is 2.12. The van der Waals surface area contributed by atoms with Crippen molar-refractivity contribution in [2.24, 2.45) is 0 Å². The predicted octanol–water partition coefficient (Wildman–Crippen LogP) is 0.699. The standard InChI is InChI=1S/C17H30N6O2S/c24-26(25,23-11-3-1-2-4-12-23)20-9-6-10-21-13-15-22(16-14-21)17-18-7-5-8-19-17/h5,7-8,20H,1-4,6,9-16H2. The van der Waals surface area contributed by atoms with Crippen LogP contribution < -0.4 is 9.62 Å².